The van der Waals surface area contributed by atoms with Crippen molar-refractivity contribution < 1.29 is 5.11 Å². The molecule has 0 unspecified atom stereocenters. The van der Waals surface area contributed by atoms with Crippen molar-refractivity contribution in [3.8, 4) is 0 Å². The molecular formula is C10H23NOS. The predicted octanol–water partition coefficient (Wildman–Crippen LogP) is 1.69. The van der Waals surface area contributed by atoms with Crippen molar-refractivity contribution in [2.45, 2.75) is 20.3 Å². The number of nitrogens with zero attached hydrogens (tertiary/aromatic N) is 1. The second-order valence-electron chi connectivity index (χ2n) is 3.85. The van der Waals surface area contributed by atoms with Gasteiger partial charge in [0.1, 0.15) is 0 Å². The number of likely N-dealkylation sites (N-methyl/N-ethyl adjacent to an activating group) is 1. The third-order valence-corrected chi connectivity index (χ3v) is 3.24. The normalized spacial score (nSPS) is 11.5. The smallest absolute Gasteiger partial charge is 0.0558 e. The summed E-state index contributed by atoms with van der Waals surface area (Å²) in [6.45, 7) is 6.69. The molecule has 3 heteroatoms. The van der Waals surface area contributed by atoms with E-state index in [0.717, 1.165) is 19.0 Å². The first-order valence-electron chi connectivity index (χ1n) is 5.04. The lowest BCUT2D eigenvalue weighted by molar-refractivity contribution is 0.222. The minimum absolute atomic E-state index is 0.273. The highest BCUT2D eigenvalue weighted by Gasteiger charge is 1.97. The Balaban J connectivity index is 3.06. The van der Waals surface area contributed by atoms with Crippen LogP contribution in [0.15, 0.2) is 0 Å². The van der Waals surface area contributed by atoms with Gasteiger partial charge in [0.2, 0.25) is 0 Å². The van der Waals surface area contributed by atoms with Crippen molar-refractivity contribution in [1.82, 2.24) is 4.90 Å². The number of aliphatic hydroxyl groups excluding tert-OH is 1. The highest BCUT2D eigenvalue weighted by atomic mass is 32.2. The van der Waals surface area contributed by atoms with Crippen LogP contribution in [0.3, 0.4) is 0 Å². The maximum Gasteiger partial charge on any atom is 0.0558 e. The molecule has 80 valence electrons. The predicted molar refractivity (Wildman–Crippen MR) is 61.4 cm³/mol. The van der Waals surface area contributed by atoms with E-state index >= 15 is 0 Å². The summed E-state index contributed by atoms with van der Waals surface area (Å²) in [5.41, 5.74) is 0. The van der Waals surface area contributed by atoms with Crippen LogP contribution in [-0.2, 0) is 0 Å². The fourth-order valence-corrected chi connectivity index (χ4v) is 2.01. The van der Waals surface area contributed by atoms with Crippen LogP contribution in [0.4, 0.5) is 0 Å². The molecule has 0 bridgehead atoms. The monoisotopic (exact) mass is 205 g/mol. The molecule has 0 aliphatic carbocycles. The molecule has 0 spiro atoms. The number of hydrogen-bond acceptors (Lipinski definition) is 3. The second-order valence-corrected chi connectivity index (χ2v) is 5.00. The molecule has 0 aromatic heterocycles. The van der Waals surface area contributed by atoms with Crippen LogP contribution in [0.2, 0.25) is 0 Å². The molecule has 0 fully saturated rings. The molecule has 0 saturated heterocycles. The summed E-state index contributed by atoms with van der Waals surface area (Å²) >= 11 is 2.03. The SMILES string of the molecule is CC(C)CSCCCN(C)CCO. The molecule has 0 aromatic carbocycles. The highest BCUT2D eigenvalue weighted by Crippen LogP contribution is 2.08. The standard InChI is InChI=1S/C10H23NOS/c1-10(2)9-13-8-4-5-11(3)6-7-12/h10,12H,4-9H2,1-3H3. The van der Waals surface area contributed by atoms with E-state index in [1.54, 1.807) is 0 Å². The van der Waals surface area contributed by atoms with Crippen molar-refractivity contribution in [3.05, 3.63) is 0 Å². The molecule has 0 aliphatic rings. The fraction of sp³-hybridized carbons (Fsp3) is 1.00. The van der Waals surface area contributed by atoms with Gasteiger partial charge in [-0.15, -0.1) is 0 Å². The molecular weight excluding hydrogens is 182 g/mol. The van der Waals surface area contributed by atoms with Crippen LogP contribution in [-0.4, -0.2) is 48.3 Å². The van der Waals surface area contributed by atoms with Gasteiger partial charge in [-0.3, -0.25) is 0 Å². The Labute approximate surface area is 86.7 Å². The quantitative estimate of drug-likeness (QED) is 0.610. The van der Waals surface area contributed by atoms with E-state index in [4.69, 9.17) is 5.11 Å². The summed E-state index contributed by atoms with van der Waals surface area (Å²) in [4.78, 5) is 2.18. The summed E-state index contributed by atoms with van der Waals surface area (Å²) < 4.78 is 0. The summed E-state index contributed by atoms with van der Waals surface area (Å²) in [5, 5.41) is 8.67. The molecule has 0 radical (unpaired) electrons. The third-order valence-electron chi connectivity index (χ3n) is 1.76. The van der Waals surface area contributed by atoms with Crippen LogP contribution in [0.1, 0.15) is 20.3 Å². The van der Waals surface area contributed by atoms with Gasteiger partial charge in [-0.25, -0.2) is 0 Å². The van der Waals surface area contributed by atoms with Gasteiger partial charge in [-0.1, -0.05) is 13.8 Å². The molecule has 0 aliphatic heterocycles. The van der Waals surface area contributed by atoms with E-state index in [0.29, 0.717) is 0 Å². The Morgan fingerprint density at radius 2 is 2.00 bits per heavy atom. The Morgan fingerprint density at radius 3 is 2.54 bits per heavy atom. The first-order valence-corrected chi connectivity index (χ1v) is 6.19. The Kier molecular flexibility index (Phi) is 9.03. The molecule has 0 amide bonds. The zero-order valence-corrected chi connectivity index (χ0v) is 9.94. The number of hydrogen-bond donors (Lipinski definition) is 1. The topological polar surface area (TPSA) is 23.5 Å². The molecule has 0 rings (SSSR count). The molecule has 0 atom stereocenters. The number of aliphatic hydroxyl groups is 1. The van der Waals surface area contributed by atoms with Gasteiger partial charge in [-0.2, -0.15) is 11.8 Å². The van der Waals surface area contributed by atoms with E-state index < -0.39 is 0 Å². The second kappa shape index (κ2) is 8.85. The maximum absolute atomic E-state index is 8.67. The third kappa shape index (κ3) is 10.2. The van der Waals surface area contributed by atoms with E-state index in [9.17, 15) is 0 Å². The number of thioether (sulfide) groups is 1. The Hall–Kier alpha value is 0.270. The van der Waals surface area contributed by atoms with Gasteiger partial charge in [0.15, 0.2) is 0 Å². The molecule has 0 heterocycles. The van der Waals surface area contributed by atoms with E-state index in [1.807, 2.05) is 11.8 Å². The van der Waals surface area contributed by atoms with Crippen molar-refractivity contribution in [3.63, 3.8) is 0 Å². The molecule has 0 aromatic rings. The first kappa shape index (κ1) is 13.3. The van der Waals surface area contributed by atoms with Crippen LogP contribution in [0.5, 0.6) is 0 Å². The van der Waals surface area contributed by atoms with E-state index in [2.05, 4.69) is 25.8 Å². The van der Waals surface area contributed by atoms with Crippen LogP contribution in [0, 0.1) is 5.92 Å². The summed E-state index contributed by atoms with van der Waals surface area (Å²) in [6.07, 6.45) is 1.23. The summed E-state index contributed by atoms with van der Waals surface area (Å²) in [5.74, 6) is 3.32. The number of rotatable bonds is 8. The summed E-state index contributed by atoms with van der Waals surface area (Å²) in [7, 11) is 2.06. The lowest BCUT2D eigenvalue weighted by Crippen LogP contribution is -2.23. The van der Waals surface area contributed by atoms with Gasteiger partial charge in [-0.05, 0) is 37.4 Å². The minimum atomic E-state index is 0.273. The van der Waals surface area contributed by atoms with E-state index in [-0.39, 0.29) is 6.61 Å². The maximum atomic E-state index is 8.67. The zero-order chi connectivity index (χ0) is 10.1. The van der Waals surface area contributed by atoms with Gasteiger partial charge in [0.05, 0.1) is 6.61 Å². The average molecular weight is 205 g/mol. The first-order chi connectivity index (χ1) is 6.16. The van der Waals surface area contributed by atoms with Gasteiger partial charge < -0.3 is 10.0 Å². The zero-order valence-electron chi connectivity index (χ0n) is 9.12. The molecule has 2 nitrogen and oxygen atoms in total. The minimum Gasteiger partial charge on any atom is -0.395 e. The highest BCUT2D eigenvalue weighted by molar-refractivity contribution is 7.99. The Morgan fingerprint density at radius 1 is 1.31 bits per heavy atom. The van der Waals surface area contributed by atoms with Crippen LogP contribution in [0.25, 0.3) is 0 Å². The van der Waals surface area contributed by atoms with Gasteiger partial charge in [0.25, 0.3) is 0 Å². The van der Waals surface area contributed by atoms with Crippen molar-refractivity contribution in [1.29, 1.82) is 0 Å². The summed E-state index contributed by atoms with van der Waals surface area (Å²) in [6, 6.07) is 0. The van der Waals surface area contributed by atoms with E-state index in [1.165, 1.54) is 17.9 Å². The van der Waals surface area contributed by atoms with Crippen molar-refractivity contribution in [2.75, 3.05) is 38.2 Å². The molecule has 13 heavy (non-hydrogen) atoms. The molecule has 1 N–H and O–H groups in total. The van der Waals surface area contributed by atoms with Crippen LogP contribution < -0.4 is 0 Å². The lowest BCUT2D eigenvalue weighted by Gasteiger charge is -2.14. The van der Waals surface area contributed by atoms with Gasteiger partial charge in [0, 0.05) is 6.54 Å². The largest absolute Gasteiger partial charge is 0.395 e. The van der Waals surface area contributed by atoms with Crippen molar-refractivity contribution in [2.24, 2.45) is 5.92 Å². The van der Waals surface area contributed by atoms with Crippen LogP contribution >= 0.6 is 11.8 Å². The fourth-order valence-electron chi connectivity index (χ4n) is 1.04. The van der Waals surface area contributed by atoms with Crippen molar-refractivity contribution >= 4 is 11.8 Å². The Bertz CT molecular complexity index is 109. The average Bonchev–Trinajstić information content (AvgIpc) is 2.03. The van der Waals surface area contributed by atoms with Gasteiger partial charge >= 0.3 is 0 Å². The molecule has 0 saturated carbocycles. The lowest BCUT2D eigenvalue weighted by atomic mass is 10.3.